The molecule has 0 radical (unpaired) electrons. The lowest BCUT2D eigenvalue weighted by Gasteiger charge is -2.01. The lowest BCUT2D eigenvalue weighted by Crippen LogP contribution is -2.03. The van der Waals surface area contributed by atoms with Crippen molar-refractivity contribution < 1.29 is 12.8 Å². The first-order valence-electron chi connectivity index (χ1n) is 7.06. The van der Waals surface area contributed by atoms with Crippen LogP contribution in [0.1, 0.15) is 12.5 Å². The monoisotopic (exact) mass is 329 g/mol. The molecule has 0 aliphatic carbocycles. The van der Waals surface area contributed by atoms with Gasteiger partial charge in [0.25, 0.3) is 0 Å². The quantitative estimate of drug-likeness (QED) is 0.574. The SMILES string of the molecule is CCS(=O)(=O)c1ccc(/C=N\Nc2nc3ccccc3o2)cc1. The van der Waals surface area contributed by atoms with Gasteiger partial charge in [-0.25, -0.2) is 13.8 Å². The molecule has 0 fully saturated rings. The average Bonchev–Trinajstić information content (AvgIpc) is 2.98. The van der Waals surface area contributed by atoms with Crippen LogP contribution in [0.4, 0.5) is 6.01 Å². The Morgan fingerprint density at radius 1 is 1.17 bits per heavy atom. The maximum atomic E-state index is 11.7. The summed E-state index contributed by atoms with van der Waals surface area (Å²) in [6, 6.07) is 14.2. The Hall–Kier alpha value is -2.67. The molecule has 23 heavy (non-hydrogen) atoms. The first-order valence-corrected chi connectivity index (χ1v) is 8.71. The second-order valence-corrected chi connectivity index (χ2v) is 7.11. The second kappa shape index (κ2) is 6.21. The molecule has 0 atom stereocenters. The van der Waals surface area contributed by atoms with Crippen LogP contribution in [0, 0.1) is 0 Å². The molecule has 0 bridgehead atoms. The summed E-state index contributed by atoms with van der Waals surface area (Å²) in [5.41, 5.74) is 4.91. The van der Waals surface area contributed by atoms with Gasteiger partial charge in [0.1, 0.15) is 5.52 Å². The van der Waals surface area contributed by atoms with Crippen LogP contribution in [0.2, 0.25) is 0 Å². The molecule has 0 saturated carbocycles. The summed E-state index contributed by atoms with van der Waals surface area (Å²) in [4.78, 5) is 4.54. The number of anilines is 1. The van der Waals surface area contributed by atoms with Gasteiger partial charge in [0, 0.05) is 0 Å². The van der Waals surface area contributed by atoms with Crippen molar-refractivity contribution in [1.82, 2.24) is 4.98 Å². The molecule has 0 spiro atoms. The van der Waals surface area contributed by atoms with Gasteiger partial charge in [-0.2, -0.15) is 10.1 Å². The lowest BCUT2D eigenvalue weighted by molar-refractivity contribution is 0.597. The van der Waals surface area contributed by atoms with Crippen LogP contribution in [-0.4, -0.2) is 25.4 Å². The predicted molar refractivity (Wildman–Crippen MR) is 89.4 cm³/mol. The second-order valence-electron chi connectivity index (χ2n) is 4.83. The number of fused-ring (bicyclic) bond motifs is 1. The molecule has 3 aromatic rings. The largest absolute Gasteiger partial charge is 0.422 e. The molecule has 6 nitrogen and oxygen atoms in total. The van der Waals surface area contributed by atoms with Crippen LogP contribution in [0.3, 0.4) is 0 Å². The number of para-hydroxylation sites is 2. The molecule has 1 N–H and O–H groups in total. The maximum absolute atomic E-state index is 11.7. The van der Waals surface area contributed by atoms with Gasteiger partial charge in [-0.15, -0.1) is 0 Å². The molecular formula is C16H15N3O3S. The average molecular weight is 329 g/mol. The van der Waals surface area contributed by atoms with Crippen LogP contribution in [0.15, 0.2) is 62.9 Å². The van der Waals surface area contributed by atoms with Gasteiger partial charge in [-0.05, 0) is 29.8 Å². The van der Waals surface area contributed by atoms with E-state index in [1.807, 2.05) is 24.3 Å². The summed E-state index contributed by atoms with van der Waals surface area (Å²) < 4.78 is 28.9. The first kappa shape index (κ1) is 15.2. The van der Waals surface area contributed by atoms with Gasteiger partial charge < -0.3 is 4.42 Å². The predicted octanol–water partition coefficient (Wildman–Crippen LogP) is 3.07. The van der Waals surface area contributed by atoms with Crippen LogP contribution >= 0.6 is 0 Å². The summed E-state index contributed by atoms with van der Waals surface area (Å²) in [6.07, 6.45) is 1.57. The highest BCUT2D eigenvalue weighted by Crippen LogP contribution is 2.18. The van der Waals surface area contributed by atoms with E-state index < -0.39 is 9.84 Å². The number of nitrogens with one attached hydrogen (secondary N) is 1. The van der Waals surface area contributed by atoms with Crippen LogP contribution in [-0.2, 0) is 9.84 Å². The molecule has 0 saturated heterocycles. The van der Waals surface area contributed by atoms with Gasteiger partial charge in [0.05, 0.1) is 16.9 Å². The van der Waals surface area contributed by atoms with Crippen molar-refractivity contribution in [3.8, 4) is 0 Å². The van der Waals surface area contributed by atoms with E-state index in [2.05, 4.69) is 15.5 Å². The van der Waals surface area contributed by atoms with Crippen molar-refractivity contribution in [1.29, 1.82) is 0 Å². The zero-order chi connectivity index (χ0) is 16.3. The third kappa shape index (κ3) is 3.40. The minimum Gasteiger partial charge on any atom is -0.422 e. The molecule has 3 rings (SSSR count). The molecule has 0 amide bonds. The fraction of sp³-hybridized carbons (Fsp3) is 0.125. The van der Waals surface area contributed by atoms with Crippen molar-refractivity contribution in [3.63, 3.8) is 0 Å². The number of hydrazone groups is 1. The maximum Gasteiger partial charge on any atom is 0.316 e. The summed E-state index contributed by atoms with van der Waals surface area (Å²) in [5.74, 6) is 0.0830. The third-order valence-corrected chi connectivity index (χ3v) is 5.04. The summed E-state index contributed by atoms with van der Waals surface area (Å²) >= 11 is 0. The van der Waals surface area contributed by atoms with Crippen LogP contribution in [0.5, 0.6) is 0 Å². The van der Waals surface area contributed by atoms with E-state index in [1.165, 1.54) is 0 Å². The Labute approximate surface area is 133 Å². The molecule has 0 unspecified atom stereocenters. The molecule has 1 heterocycles. The normalized spacial score (nSPS) is 12.0. The van der Waals surface area contributed by atoms with E-state index in [4.69, 9.17) is 4.42 Å². The smallest absolute Gasteiger partial charge is 0.316 e. The number of sulfone groups is 1. The standard InChI is InChI=1S/C16H15N3O3S/c1-2-23(20,21)13-9-7-12(8-10-13)11-17-19-16-18-14-5-3-4-6-15(14)22-16/h3-11H,2H2,1H3,(H,18,19)/b17-11-. The molecule has 1 aromatic heterocycles. The minimum absolute atomic E-state index is 0.0830. The van der Waals surface area contributed by atoms with Gasteiger partial charge >= 0.3 is 6.01 Å². The van der Waals surface area contributed by atoms with Crippen molar-refractivity contribution in [2.75, 3.05) is 11.2 Å². The molecule has 7 heteroatoms. The van der Waals surface area contributed by atoms with E-state index in [-0.39, 0.29) is 5.75 Å². The number of nitrogens with zero attached hydrogens (tertiary/aromatic N) is 2. The summed E-state index contributed by atoms with van der Waals surface area (Å²) in [5, 5.41) is 4.04. The van der Waals surface area contributed by atoms with Crippen molar-refractivity contribution in [3.05, 3.63) is 54.1 Å². The van der Waals surface area contributed by atoms with E-state index in [0.29, 0.717) is 16.5 Å². The van der Waals surface area contributed by atoms with Crippen LogP contribution in [0.25, 0.3) is 11.1 Å². The Balaban J connectivity index is 1.70. The minimum atomic E-state index is -3.18. The van der Waals surface area contributed by atoms with Crippen molar-refractivity contribution >= 4 is 33.2 Å². The molecule has 0 aliphatic rings. The van der Waals surface area contributed by atoms with Gasteiger partial charge in [-0.3, -0.25) is 0 Å². The summed E-state index contributed by atoms with van der Waals surface area (Å²) in [7, 11) is -3.18. The Bertz CT molecular complexity index is 911. The van der Waals surface area contributed by atoms with E-state index >= 15 is 0 Å². The number of hydrogen-bond acceptors (Lipinski definition) is 6. The molecule has 2 aromatic carbocycles. The summed E-state index contributed by atoms with van der Waals surface area (Å²) in [6.45, 7) is 1.62. The Morgan fingerprint density at radius 2 is 1.91 bits per heavy atom. The number of aromatic nitrogens is 1. The first-order chi connectivity index (χ1) is 11.1. The molecule has 0 aliphatic heterocycles. The Morgan fingerprint density at radius 3 is 2.61 bits per heavy atom. The number of benzene rings is 2. The topological polar surface area (TPSA) is 84.6 Å². The number of hydrogen-bond donors (Lipinski definition) is 1. The molecule has 118 valence electrons. The molecular weight excluding hydrogens is 314 g/mol. The van der Waals surface area contributed by atoms with Gasteiger partial charge in [0.2, 0.25) is 0 Å². The fourth-order valence-corrected chi connectivity index (χ4v) is 2.89. The van der Waals surface area contributed by atoms with Crippen molar-refractivity contribution in [2.45, 2.75) is 11.8 Å². The van der Waals surface area contributed by atoms with Crippen LogP contribution < -0.4 is 5.43 Å². The highest BCUT2D eigenvalue weighted by atomic mass is 32.2. The third-order valence-electron chi connectivity index (χ3n) is 3.29. The van der Waals surface area contributed by atoms with Gasteiger partial charge in [-0.1, -0.05) is 31.2 Å². The highest BCUT2D eigenvalue weighted by molar-refractivity contribution is 7.91. The fourth-order valence-electron chi connectivity index (χ4n) is 2.01. The number of oxazole rings is 1. The van der Waals surface area contributed by atoms with E-state index in [0.717, 1.165) is 11.1 Å². The Kier molecular flexibility index (Phi) is 4.12. The zero-order valence-electron chi connectivity index (χ0n) is 12.4. The van der Waals surface area contributed by atoms with Crippen molar-refractivity contribution in [2.24, 2.45) is 5.10 Å². The number of rotatable bonds is 5. The van der Waals surface area contributed by atoms with E-state index in [1.54, 1.807) is 37.4 Å². The lowest BCUT2D eigenvalue weighted by atomic mass is 10.2. The zero-order valence-corrected chi connectivity index (χ0v) is 13.2. The highest BCUT2D eigenvalue weighted by Gasteiger charge is 2.10. The van der Waals surface area contributed by atoms with E-state index in [9.17, 15) is 8.42 Å². The van der Waals surface area contributed by atoms with Gasteiger partial charge in [0.15, 0.2) is 15.4 Å².